The Bertz CT molecular complexity index is 1460. The van der Waals surface area contributed by atoms with Crippen LogP contribution in [0.25, 0.3) is 11.0 Å². The molecule has 22 heteroatoms. The van der Waals surface area contributed by atoms with E-state index in [4.69, 9.17) is 14.5 Å². The van der Waals surface area contributed by atoms with Gasteiger partial charge in [0.2, 0.25) is 0 Å². The Kier molecular flexibility index (Phi) is 8.31. The van der Waals surface area contributed by atoms with Crippen molar-refractivity contribution in [3.8, 4) is 11.8 Å². The molecule has 17 nitrogen and oxygen atoms in total. The molecule has 1 saturated heterocycles. The monoisotopic (exact) mass is 595 g/mol. The zero-order valence-electron chi connectivity index (χ0n) is 18.2. The highest BCUT2D eigenvalue weighted by molar-refractivity contribution is 7.66. The van der Waals surface area contributed by atoms with E-state index in [1.165, 1.54) is 6.92 Å². The number of alkyl halides is 1. The first kappa shape index (κ1) is 29.7. The zero-order valence-corrected chi connectivity index (χ0v) is 20.8. The molecule has 0 bridgehead atoms. The number of aromatic amines is 1. The average Bonchev–Trinajstić information content (AvgIpc) is 3.16. The van der Waals surface area contributed by atoms with Gasteiger partial charge < -0.3 is 39.5 Å². The van der Waals surface area contributed by atoms with E-state index in [2.05, 4.69) is 23.1 Å². The maximum Gasteiger partial charge on any atom is 0.490 e. The molecule has 3 unspecified atom stereocenters. The van der Waals surface area contributed by atoms with Crippen LogP contribution in [0, 0.1) is 24.6 Å². The van der Waals surface area contributed by atoms with Crippen molar-refractivity contribution in [1.82, 2.24) is 14.5 Å². The van der Waals surface area contributed by atoms with Gasteiger partial charge in [-0.05, 0) is 6.92 Å². The summed E-state index contributed by atoms with van der Waals surface area (Å²) in [6.45, 7) is -1.19. The number of hydrogen-bond donors (Lipinski definition) is 7. The lowest BCUT2D eigenvalue weighted by atomic mass is 9.94. The maximum absolute atomic E-state index is 14.5. The summed E-state index contributed by atoms with van der Waals surface area (Å²) in [5.41, 5.74) is -4.04. The molecule has 0 amide bonds. The fourth-order valence-corrected chi connectivity index (χ4v) is 6.39. The predicted molar refractivity (Wildman–Crippen MR) is 113 cm³/mol. The van der Waals surface area contributed by atoms with Gasteiger partial charge in [-0.25, -0.2) is 27.5 Å². The molecule has 0 aromatic carbocycles. The Morgan fingerprint density at radius 2 is 1.89 bits per heavy atom. The minimum absolute atomic E-state index is 0.0120. The highest BCUT2D eigenvalue weighted by Crippen LogP contribution is 2.66. The fraction of sp³-hybridized carbons (Fsp3) is 0.467. The van der Waals surface area contributed by atoms with Crippen LogP contribution in [-0.4, -0.2) is 75.4 Å². The number of nitrogens with zero attached hydrogens (tertiary/aromatic N) is 2. The van der Waals surface area contributed by atoms with Crippen molar-refractivity contribution in [1.29, 1.82) is 0 Å². The molecule has 3 rings (SSSR count). The molecule has 2 aromatic heterocycles. The quantitative estimate of drug-likeness (QED) is 0.150. The first-order valence-corrected chi connectivity index (χ1v) is 14.1. The average molecular weight is 595 g/mol. The second kappa shape index (κ2) is 10.4. The highest BCUT2D eigenvalue weighted by Gasteiger charge is 2.57. The summed E-state index contributed by atoms with van der Waals surface area (Å²) in [6, 6.07) is 0. The van der Waals surface area contributed by atoms with E-state index >= 15 is 0 Å². The lowest BCUT2D eigenvalue weighted by molar-refractivity contribution is -0.0718. The van der Waals surface area contributed by atoms with Crippen molar-refractivity contribution in [2.24, 2.45) is 0 Å². The van der Waals surface area contributed by atoms with E-state index in [0.717, 1.165) is 4.57 Å². The minimum Gasteiger partial charge on any atom is -0.386 e. The van der Waals surface area contributed by atoms with Crippen molar-refractivity contribution < 1.29 is 70.1 Å². The number of phosphoric ester groups is 1. The van der Waals surface area contributed by atoms with Crippen molar-refractivity contribution in [3.63, 3.8) is 0 Å². The van der Waals surface area contributed by atoms with E-state index in [1.54, 1.807) is 0 Å². The molecule has 0 aliphatic carbocycles. The second-order valence-corrected chi connectivity index (χ2v) is 11.8. The minimum atomic E-state index is -5.85. The third kappa shape index (κ3) is 6.59. The number of nitrogens with one attached hydrogen (secondary N) is 1. The van der Waals surface area contributed by atoms with Gasteiger partial charge >= 0.3 is 23.5 Å². The molecule has 1 fully saturated rings. The van der Waals surface area contributed by atoms with E-state index < -0.39 is 77.5 Å². The van der Waals surface area contributed by atoms with Gasteiger partial charge in [0.1, 0.15) is 30.1 Å². The Morgan fingerprint density at radius 1 is 1.24 bits per heavy atom. The van der Waals surface area contributed by atoms with Gasteiger partial charge in [0, 0.05) is 6.20 Å². The third-order valence-corrected chi connectivity index (χ3v) is 8.47. The van der Waals surface area contributed by atoms with E-state index in [0.29, 0.717) is 6.20 Å². The largest absolute Gasteiger partial charge is 0.490 e. The van der Waals surface area contributed by atoms with Gasteiger partial charge in [-0.3, -0.25) is 13.9 Å². The number of fused-ring (bicyclic) bond motifs is 1. The molecular formula is C15H18F2N3O14P3. The van der Waals surface area contributed by atoms with Gasteiger partial charge in [-0.15, -0.1) is 0 Å². The summed E-state index contributed by atoms with van der Waals surface area (Å²) >= 11 is 0. The number of aliphatic hydroxyl groups excluding tert-OH is 1. The van der Waals surface area contributed by atoms with Crippen molar-refractivity contribution in [3.05, 3.63) is 28.2 Å². The maximum atomic E-state index is 14.5. The molecule has 3 heterocycles. The van der Waals surface area contributed by atoms with Gasteiger partial charge in [-0.1, -0.05) is 11.8 Å². The number of aromatic nitrogens is 3. The number of phosphoric acid groups is 3. The zero-order chi connectivity index (χ0) is 28.0. The molecule has 0 saturated carbocycles. The van der Waals surface area contributed by atoms with Gasteiger partial charge in [0.25, 0.3) is 5.56 Å². The predicted octanol–water partition coefficient (Wildman–Crippen LogP) is -0.522. The van der Waals surface area contributed by atoms with Crippen LogP contribution in [0.5, 0.6) is 0 Å². The van der Waals surface area contributed by atoms with Crippen molar-refractivity contribution >= 4 is 34.5 Å². The smallest absolute Gasteiger partial charge is 0.386 e. The van der Waals surface area contributed by atoms with Crippen LogP contribution in [0.4, 0.5) is 8.78 Å². The summed E-state index contributed by atoms with van der Waals surface area (Å²) in [6.07, 6.45) is -5.29. The van der Waals surface area contributed by atoms with E-state index in [-0.39, 0.29) is 11.5 Å². The van der Waals surface area contributed by atoms with E-state index in [1.807, 2.05) is 11.8 Å². The van der Waals surface area contributed by atoms with Gasteiger partial charge in [-0.2, -0.15) is 8.62 Å². The SMILES string of the molecule is Cc1nc2c(c(F)cn2[C@@H]2O[C@H](COP(=O)(O)OP(=O)(O)OP(=O)(O)O)[C@H](O)C2(O)C#CCF)c(=O)[nH]1. The highest BCUT2D eigenvalue weighted by atomic mass is 31.3. The molecular weight excluding hydrogens is 577 g/mol. The van der Waals surface area contributed by atoms with Crippen LogP contribution in [0.2, 0.25) is 0 Å². The van der Waals surface area contributed by atoms with Crippen LogP contribution in [0.15, 0.2) is 11.0 Å². The van der Waals surface area contributed by atoms with Crippen LogP contribution in [-0.2, 0) is 31.6 Å². The Labute approximate surface area is 204 Å². The summed E-state index contributed by atoms with van der Waals surface area (Å²) in [5, 5.41) is 21.1. The van der Waals surface area contributed by atoms with Crippen LogP contribution >= 0.6 is 23.5 Å². The second-order valence-electron chi connectivity index (χ2n) is 7.35. The normalized spacial score (nSPS) is 27.4. The number of halogens is 2. The first-order valence-electron chi connectivity index (χ1n) is 9.56. The van der Waals surface area contributed by atoms with Gasteiger partial charge in [0.05, 0.1) is 6.61 Å². The topological polar surface area (TPSA) is 260 Å². The lowest BCUT2D eigenvalue weighted by Crippen LogP contribution is -2.46. The first-order chi connectivity index (χ1) is 16.9. The number of aryl methyl sites for hydroxylation is 1. The molecule has 206 valence electrons. The third-order valence-electron chi connectivity index (χ3n) is 4.66. The Morgan fingerprint density at radius 3 is 2.49 bits per heavy atom. The molecule has 1 aliphatic heterocycles. The van der Waals surface area contributed by atoms with Crippen LogP contribution < -0.4 is 5.56 Å². The summed E-state index contributed by atoms with van der Waals surface area (Å²) in [5.74, 6) is 2.73. The molecule has 0 spiro atoms. The molecule has 6 atom stereocenters. The number of hydrogen-bond acceptors (Lipinski definition) is 11. The van der Waals surface area contributed by atoms with Crippen molar-refractivity contribution in [2.75, 3.05) is 13.3 Å². The van der Waals surface area contributed by atoms with Crippen molar-refractivity contribution in [2.45, 2.75) is 31.0 Å². The van der Waals surface area contributed by atoms with E-state index in [9.17, 15) is 47.3 Å². The summed E-state index contributed by atoms with van der Waals surface area (Å²) in [4.78, 5) is 54.3. The number of aliphatic hydroxyl groups is 2. The Hall–Kier alpha value is -1.87. The summed E-state index contributed by atoms with van der Waals surface area (Å²) in [7, 11) is -17.2. The molecule has 0 radical (unpaired) electrons. The number of rotatable bonds is 8. The molecule has 7 N–H and O–H groups in total. The molecule has 2 aromatic rings. The number of H-pyrrole nitrogens is 1. The standard InChI is InChI=1S/C15H18F2N3O14P3/c1-7-18-12-10(13(22)19-7)8(17)5-20(12)14-15(23,3-2-4-16)11(21)9(32-14)6-31-36(27,28)34-37(29,30)33-35(24,25)26/h5,9,11,14,21,23H,4,6H2,1H3,(H,27,28)(H,29,30)(H,18,19,22)(H2,24,25,26)/t9-,11+,14-,15?/m1/s1. The number of ether oxygens (including phenoxy) is 1. The van der Waals surface area contributed by atoms with Gasteiger partial charge in [0.15, 0.2) is 23.3 Å². The lowest BCUT2D eigenvalue weighted by Gasteiger charge is -2.26. The summed E-state index contributed by atoms with van der Waals surface area (Å²) < 4.78 is 79.1. The fourth-order valence-electron chi connectivity index (χ4n) is 3.36. The van der Waals surface area contributed by atoms with Crippen LogP contribution in [0.1, 0.15) is 12.1 Å². The Balaban J connectivity index is 1.93. The van der Waals surface area contributed by atoms with Crippen LogP contribution in [0.3, 0.4) is 0 Å². The molecule has 1 aliphatic rings. The molecule has 37 heavy (non-hydrogen) atoms.